The molecule has 1 unspecified atom stereocenters. The lowest BCUT2D eigenvalue weighted by Crippen LogP contribution is -2.49. The van der Waals surface area contributed by atoms with Crippen LogP contribution in [0.2, 0.25) is 5.02 Å². The molecular formula is C20H25ClN2O3. The minimum absolute atomic E-state index is 0.0284. The quantitative estimate of drug-likeness (QED) is 0.776. The first-order chi connectivity index (χ1) is 12.4. The number of rotatable bonds is 5. The highest BCUT2D eigenvalue weighted by Crippen LogP contribution is 2.33. The van der Waals surface area contributed by atoms with E-state index in [1.54, 1.807) is 27.2 Å². The molecule has 1 aliphatic rings. The van der Waals surface area contributed by atoms with Crippen LogP contribution in [0.5, 0.6) is 0 Å². The number of likely N-dealkylation sites (tertiary alicyclic amines) is 1. The molecule has 3 rings (SSSR count). The fourth-order valence-electron chi connectivity index (χ4n) is 3.27. The molecule has 6 heteroatoms. The Labute approximate surface area is 159 Å². The molecule has 0 aliphatic carbocycles. The lowest BCUT2D eigenvalue weighted by atomic mass is 9.98. The van der Waals surface area contributed by atoms with E-state index in [1.165, 1.54) is 0 Å². The van der Waals surface area contributed by atoms with Crippen LogP contribution in [0.1, 0.15) is 56.4 Å². The van der Waals surface area contributed by atoms with Gasteiger partial charge in [0.1, 0.15) is 17.4 Å². The smallest absolute Gasteiger partial charge is 0.254 e. The van der Waals surface area contributed by atoms with E-state index in [9.17, 15) is 4.79 Å². The third-order valence-electron chi connectivity index (χ3n) is 4.91. The van der Waals surface area contributed by atoms with Crippen LogP contribution in [0.3, 0.4) is 0 Å². The fraction of sp³-hybridized carbons (Fsp3) is 0.500. The van der Waals surface area contributed by atoms with E-state index in [2.05, 4.69) is 4.98 Å². The average molecular weight is 377 g/mol. The summed E-state index contributed by atoms with van der Waals surface area (Å²) < 4.78 is 11.4. The Balaban J connectivity index is 1.78. The molecule has 1 saturated heterocycles. The lowest BCUT2D eigenvalue weighted by Gasteiger charge is -2.38. The van der Waals surface area contributed by atoms with E-state index in [4.69, 9.17) is 20.8 Å². The molecule has 2 aromatic rings. The van der Waals surface area contributed by atoms with Crippen LogP contribution in [-0.2, 0) is 16.0 Å². The van der Waals surface area contributed by atoms with Crippen LogP contribution in [-0.4, -0.2) is 35.0 Å². The monoisotopic (exact) mass is 376 g/mol. The van der Waals surface area contributed by atoms with Gasteiger partial charge in [0.15, 0.2) is 0 Å². The average Bonchev–Trinajstić information content (AvgIpc) is 3.09. The zero-order valence-electron chi connectivity index (χ0n) is 15.5. The maximum Gasteiger partial charge on any atom is 0.254 e. The first kappa shape index (κ1) is 18.9. The number of carbonyl (C=O) groups is 1. The van der Waals surface area contributed by atoms with Crippen LogP contribution in [0, 0.1) is 0 Å². The number of aromatic nitrogens is 1. The number of hydrogen-bond acceptors (Lipinski definition) is 4. The first-order valence-electron chi connectivity index (χ1n) is 8.96. The van der Waals surface area contributed by atoms with E-state index in [0.717, 1.165) is 30.6 Å². The van der Waals surface area contributed by atoms with Gasteiger partial charge in [0, 0.05) is 25.1 Å². The molecule has 0 bridgehead atoms. The zero-order valence-corrected chi connectivity index (χ0v) is 16.3. The van der Waals surface area contributed by atoms with Gasteiger partial charge in [-0.15, -0.1) is 0 Å². The number of benzene rings is 1. The number of oxazole rings is 1. The molecule has 26 heavy (non-hydrogen) atoms. The molecule has 1 aliphatic heterocycles. The maximum atomic E-state index is 12.9. The lowest BCUT2D eigenvalue weighted by molar-refractivity contribution is -0.155. The Morgan fingerprint density at radius 2 is 2.23 bits per heavy atom. The SMILES string of the molecule is COC(C)(C)C(=O)N1CCCCC1c1ncc(Cc2cccc(Cl)c2)o1. The van der Waals surface area contributed by atoms with Crippen molar-refractivity contribution < 1.29 is 13.9 Å². The minimum atomic E-state index is -0.855. The minimum Gasteiger partial charge on any atom is -0.443 e. The van der Waals surface area contributed by atoms with Gasteiger partial charge in [0.25, 0.3) is 5.91 Å². The number of nitrogens with zero attached hydrogens (tertiary/aromatic N) is 2. The fourth-order valence-corrected chi connectivity index (χ4v) is 3.48. The summed E-state index contributed by atoms with van der Waals surface area (Å²) in [5.74, 6) is 1.34. The molecule has 0 N–H and O–H groups in total. The van der Waals surface area contributed by atoms with E-state index in [0.29, 0.717) is 23.9 Å². The molecule has 0 spiro atoms. The number of hydrogen-bond donors (Lipinski definition) is 0. The molecule has 1 aromatic carbocycles. The molecule has 1 fully saturated rings. The van der Waals surface area contributed by atoms with Crippen molar-refractivity contribution in [1.82, 2.24) is 9.88 Å². The Kier molecular flexibility index (Phi) is 5.68. The Hall–Kier alpha value is -1.85. The highest BCUT2D eigenvalue weighted by atomic mass is 35.5. The zero-order chi connectivity index (χ0) is 18.7. The van der Waals surface area contributed by atoms with Gasteiger partial charge in [-0.1, -0.05) is 23.7 Å². The second-order valence-corrected chi connectivity index (χ2v) is 7.63. The number of piperidine rings is 1. The van der Waals surface area contributed by atoms with Crippen molar-refractivity contribution in [2.75, 3.05) is 13.7 Å². The van der Waals surface area contributed by atoms with Gasteiger partial charge in [0.05, 0.1) is 6.20 Å². The van der Waals surface area contributed by atoms with Crippen molar-refractivity contribution in [3.8, 4) is 0 Å². The van der Waals surface area contributed by atoms with Crippen LogP contribution >= 0.6 is 11.6 Å². The van der Waals surface area contributed by atoms with Crippen LogP contribution in [0.4, 0.5) is 0 Å². The van der Waals surface area contributed by atoms with Crippen molar-refractivity contribution >= 4 is 17.5 Å². The summed E-state index contributed by atoms with van der Waals surface area (Å²) in [6.07, 6.45) is 5.25. The molecule has 1 atom stereocenters. The summed E-state index contributed by atoms with van der Waals surface area (Å²) in [6.45, 7) is 4.28. The summed E-state index contributed by atoms with van der Waals surface area (Å²) in [7, 11) is 1.56. The standard InChI is InChI=1S/C20H25ClN2O3/c1-20(2,25-3)19(24)23-10-5-4-9-17(23)18-22-13-16(26-18)12-14-7-6-8-15(21)11-14/h6-8,11,13,17H,4-5,9-10,12H2,1-3H3. The van der Waals surface area contributed by atoms with Gasteiger partial charge >= 0.3 is 0 Å². The van der Waals surface area contributed by atoms with E-state index < -0.39 is 5.60 Å². The first-order valence-corrected chi connectivity index (χ1v) is 9.34. The van der Waals surface area contributed by atoms with Gasteiger partial charge in [-0.3, -0.25) is 4.79 Å². The topological polar surface area (TPSA) is 55.6 Å². The van der Waals surface area contributed by atoms with Gasteiger partial charge in [-0.05, 0) is 50.8 Å². The predicted molar refractivity (Wildman–Crippen MR) is 100 cm³/mol. The molecule has 1 aromatic heterocycles. The summed E-state index contributed by atoms with van der Waals surface area (Å²) in [6, 6.07) is 7.55. The molecule has 2 heterocycles. The predicted octanol–water partition coefficient (Wildman–Crippen LogP) is 4.40. The van der Waals surface area contributed by atoms with E-state index >= 15 is 0 Å². The van der Waals surface area contributed by atoms with Gasteiger partial charge in [-0.2, -0.15) is 0 Å². The molecule has 0 radical (unpaired) electrons. The molecule has 140 valence electrons. The Morgan fingerprint density at radius 3 is 2.96 bits per heavy atom. The van der Waals surface area contributed by atoms with Gasteiger partial charge in [-0.25, -0.2) is 4.98 Å². The number of carbonyl (C=O) groups excluding carboxylic acids is 1. The number of methoxy groups -OCH3 is 1. The van der Waals surface area contributed by atoms with Crippen molar-refractivity contribution in [3.63, 3.8) is 0 Å². The van der Waals surface area contributed by atoms with Gasteiger partial charge < -0.3 is 14.1 Å². The van der Waals surface area contributed by atoms with Crippen molar-refractivity contribution in [3.05, 3.63) is 52.7 Å². The van der Waals surface area contributed by atoms with Crippen molar-refractivity contribution in [2.24, 2.45) is 0 Å². The summed E-state index contributed by atoms with van der Waals surface area (Å²) in [4.78, 5) is 19.2. The third-order valence-corrected chi connectivity index (χ3v) is 5.15. The van der Waals surface area contributed by atoms with Crippen LogP contribution < -0.4 is 0 Å². The number of amides is 1. The van der Waals surface area contributed by atoms with Crippen LogP contribution in [0.25, 0.3) is 0 Å². The largest absolute Gasteiger partial charge is 0.443 e. The van der Waals surface area contributed by atoms with E-state index in [1.807, 2.05) is 29.2 Å². The third kappa shape index (κ3) is 4.10. The highest BCUT2D eigenvalue weighted by Gasteiger charge is 2.38. The Morgan fingerprint density at radius 1 is 1.42 bits per heavy atom. The van der Waals surface area contributed by atoms with Gasteiger partial charge in [0.2, 0.25) is 5.89 Å². The summed E-state index contributed by atoms with van der Waals surface area (Å²) >= 11 is 6.05. The number of halogens is 1. The Bertz CT molecular complexity index is 772. The number of ether oxygens (including phenoxy) is 1. The van der Waals surface area contributed by atoms with Crippen molar-refractivity contribution in [2.45, 2.75) is 51.2 Å². The maximum absolute atomic E-state index is 12.9. The molecular weight excluding hydrogens is 352 g/mol. The molecule has 0 saturated carbocycles. The second kappa shape index (κ2) is 7.80. The second-order valence-electron chi connectivity index (χ2n) is 7.20. The summed E-state index contributed by atoms with van der Waals surface area (Å²) in [5.41, 5.74) is 0.212. The molecule has 1 amide bonds. The normalized spacial score (nSPS) is 18.2. The van der Waals surface area contributed by atoms with Crippen molar-refractivity contribution in [1.29, 1.82) is 0 Å². The van der Waals surface area contributed by atoms with Crippen LogP contribution in [0.15, 0.2) is 34.9 Å². The highest BCUT2D eigenvalue weighted by molar-refractivity contribution is 6.30. The molecule has 5 nitrogen and oxygen atoms in total. The van der Waals surface area contributed by atoms with E-state index in [-0.39, 0.29) is 11.9 Å². The summed E-state index contributed by atoms with van der Waals surface area (Å²) in [5, 5.41) is 0.702.